The van der Waals surface area contributed by atoms with Gasteiger partial charge in [-0.15, -0.1) is 0 Å². The van der Waals surface area contributed by atoms with Gasteiger partial charge in [-0.3, -0.25) is 9.69 Å². The summed E-state index contributed by atoms with van der Waals surface area (Å²) in [6.45, 7) is 2.54. The number of anilines is 3. The van der Waals surface area contributed by atoms with Crippen LogP contribution in [0.3, 0.4) is 0 Å². The van der Waals surface area contributed by atoms with Gasteiger partial charge in [0.05, 0.1) is 18.8 Å². The lowest BCUT2D eigenvalue weighted by atomic mass is 10.2. The van der Waals surface area contributed by atoms with Crippen LogP contribution in [0.15, 0.2) is 12.4 Å². The van der Waals surface area contributed by atoms with E-state index in [4.69, 9.17) is 15.2 Å². The molecule has 10 nitrogen and oxygen atoms in total. The third-order valence-corrected chi connectivity index (χ3v) is 4.10. The van der Waals surface area contributed by atoms with E-state index in [9.17, 15) is 4.79 Å². The van der Waals surface area contributed by atoms with Crippen molar-refractivity contribution in [3.05, 3.63) is 12.4 Å². The second-order valence-electron chi connectivity index (χ2n) is 5.69. The lowest BCUT2D eigenvalue weighted by Crippen LogP contribution is -2.40. The lowest BCUT2D eigenvalue weighted by molar-refractivity contribution is -0.121. The molecule has 4 rings (SSSR count). The van der Waals surface area contributed by atoms with Crippen LogP contribution in [0.4, 0.5) is 17.6 Å². The van der Waals surface area contributed by atoms with Gasteiger partial charge >= 0.3 is 0 Å². The highest BCUT2D eigenvalue weighted by Gasteiger charge is 2.31. The summed E-state index contributed by atoms with van der Waals surface area (Å²) in [7, 11) is 1.67. The van der Waals surface area contributed by atoms with Crippen LogP contribution >= 0.6 is 0 Å². The molecule has 0 radical (unpaired) electrons. The van der Waals surface area contributed by atoms with Crippen molar-refractivity contribution >= 4 is 23.5 Å². The van der Waals surface area contributed by atoms with Crippen LogP contribution in [-0.4, -0.2) is 65.8 Å². The van der Waals surface area contributed by atoms with Gasteiger partial charge in [-0.25, -0.2) is 19.9 Å². The van der Waals surface area contributed by atoms with E-state index >= 15 is 0 Å². The van der Waals surface area contributed by atoms with Gasteiger partial charge in [-0.05, 0) is 0 Å². The van der Waals surface area contributed by atoms with Crippen LogP contribution < -0.4 is 20.3 Å². The van der Waals surface area contributed by atoms with Crippen LogP contribution in [0.5, 0.6) is 5.75 Å². The zero-order valence-corrected chi connectivity index (χ0v) is 13.7. The van der Waals surface area contributed by atoms with E-state index in [1.54, 1.807) is 19.4 Å². The summed E-state index contributed by atoms with van der Waals surface area (Å²) in [5, 5.41) is 0. The third kappa shape index (κ3) is 2.80. The van der Waals surface area contributed by atoms with Crippen molar-refractivity contribution in [2.75, 3.05) is 55.5 Å². The molecule has 4 heterocycles. The Labute approximate surface area is 143 Å². The van der Waals surface area contributed by atoms with E-state index in [-0.39, 0.29) is 18.5 Å². The predicted molar refractivity (Wildman–Crippen MR) is 89.4 cm³/mol. The van der Waals surface area contributed by atoms with Crippen molar-refractivity contribution in [3.63, 3.8) is 0 Å². The summed E-state index contributed by atoms with van der Waals surface area (Å²) in [5.41, 5.74) is 6.15. The number of hydrogen-bond acceptors (Lipinski definition) is 9. The van der Waals surface area contributed by atoms with E-state index in [1.807, 2.05) is 0 Å². The molecule has 0 spiro atoms. The molecule has 25 heavy (non-hydrogen) atoms. The Morgan fingerprint density at radius 1 is 1.12 bits per heavy atom. The first-order valence-corrected chi connectivity index (χ1v) is 7.85. The molecule has 2 aromatic heterocycles. The number of carbonyl (C=O) groups excluding carboxylic acids is 1. The normalized spacial score (nSPS) is 17.2. The van der Waals surface area contributed by atoms with Crippen molar-refractivity contribution in [1.82, 2.24) is 19.9 Å². The highest BCUT2D eigenvalue weighted by atomic mass is 16.5. The molecular formula is C15H17N7O3. The summed E-state index contributed by atoms with van der Waals surface area (Å²) < 4.78 is 11.1. The maximum Gasteiger partial charge on any atom is 0.265 e. The topological polar surface area (TPSA) is 120 Å². The molecule has 0 bridgehead atoms. The van der Waals surface area contributed by atoms with Crippen molar-refractivity contribution in [3.8, 4) is 17.1 Å². The van der Waals surface area contributed by atoms with Gasteiger partial charge in [-0.2, -0.15) is 0 Å². The molecule has 1 amide bonds. The number of nitrogen functional groups attached to an aromatic ring is 1. The van der Waals surface area contributed by atoms with Crippen LogP contribution in [0.25, 0.3) is 11.4 Å². The first-order valence-electron chi connectivity index (χ1n) is 7.85. The van der Waals surface area contributed by atoms with Crippen LogP contribution in [0, 0.1) is 0 Å². The summed E-state index contributed by atoms with van der Waals surface area (Å²) in [5.74, 6) is 1.98. The average Bonchev–Trinajstić information content (AvgIpc) is 2.65. The predicted octanol–water partition coefficient (Wildman–Crippen LogP) is -0.292. The Morgan fingerprint density at radius 3 is 2.52 bits per heavy atom. The Balaban J connectivity index is 1.85. The molecule has 2 aliphatic rings. The molecule has 2 aliphatic heterocycles. The van der Waals surface area contributed by atoms with E-state index in [1.165, 1.54) is 4.90 Å². The highest BCUT2D eigenvalue weighted by Crippen LogP contribution is 2.39. The van der Waals surface area contributed by atoms with E-state index in [2.05, 4.69) is 24.8 Å². The highest BCUT2D eigenvalue weighted by molar-refractivity contribution is 5.97. The monoisotopic (exact) mass is 343 g/mol. The number of likely N-dealkylation sites (N-methyl/N-ethyl adjacent to an activating group) is 1. The lowest BCUT2D eigenvalue weighted by Gasteiger charge is -2.32. The molecule has 0 aliphatic carbocycles. The van der Waals surface area contributed by atoms with Crippen LogP contribution in [0.1, 0.15) is 0 Å². The van der Waals surface area contributed by atoms with Crippen molar-refractivity contribution in [1.29, 1.82) is 0 Å². The second-order valence-corrected chi connectivity index (χ2v) is 5.69. The number of carbonyl (C=O) groups is 1. The van der Waals surface area contributed by atoms with Crippen molar-refractivity contribution in [2.45, 2.75) is 0 Å². The quantitative estimate of drug-likeness (QED) is 0.784. The molecule has 2 N–H and O–H groups in total. The van der Waals surface area contributed by atoms with E-state index < -0.39 is 0 Å². The van der Waals surface area contributed by atoms with Crippen molar-refractivity contribution in [2.24, 2.45) is 0 Å². The molecule has 10 heteroatoms. The molecule has 1 fully saturated rings. The van der Waals surface area contributed by atoms with Gasteiger partial charge in [0.1, 0.15) is 0 Å². The molecule has 0 saturated carbocycles. The standard InChI is InChI=1S/C15H17N7O3/c1-21-10(23)8-25-11-13(21)19-12(9-6-17-15(16)18-7-9)20-14(11)22-2-4-24-5-3-22/h6-7H,2-5,8H2,1H3,(H2,16,17,18). The number of nitrogens with zero attached hydrogens (tertiary/aromatic N) is 6. The maximum absolute atomic E-state index is 12.0. The molecular weight excluding hydrogens is 326 g/mol. The number of fused-ring (bicyclic) bond motifs is 1. The number of aromatic nitrogens is 4. The minimum absolute atomic E-state index is 0.0332. The fraction of sp³-hybridized carbons (Fsp3) is 0.400. The second kappa shape index (κ2) is 6.13. The van der Waals surface area contributed by atoms with Gasteiger partial charge < -0.3 is 20.1 Å². The van der Waals surface area contributed by atoms with Gasteiger partial charge in [-0.1, -0.05) is 0 Å². The van der Waals surface area contributed by atoms with E-state index in [0.29, 0.717) is 55.1 Å². The largest absolute Gasteiger partial charge is 0.476 e. The first kappa shape index (κ1) is 15.5. The smallest absolute Gasteiger partial charge is 0.265 e. The Morgan fingerprint density at radius 2 is 1.80 bits per heavy atom. The summed E-state index contributed by atoms with van der Waals surface area (Å²) in [4.78, 5) is 32.7. The van der Waals surface area contributed by atoms with Crippen molar-refractivity contribution < 1.29 is 14.3 Å². The van der Waals surface area contributed by atoms with Gasteiger partial charge in [0.2, 0.25) is 11.7 Å². The zero-order valence-electron chi connectivity index (χ0n) is 13.7. The molecule has 2 aromatic rings. The average molecular weight is 343 g/mol. The molecule has 1 saturated heterocycles. The number of amides is 1. The molecule has 0 atom stereocenters. The Bertz CT molecular complexity index is 806. The number of nitrogens with two attached hydrogens (primary N) is 1. The number of rotatable bonds is 2. The minimum Gasteiger partial charge on any atom is -0.476 e. The summed E-state index contributed by atoms with van der Waals surface area (Å²) in [6.07, 6.45) is 3.11. The summed E-state index contributed by atoms with van der Waals surface area (Å²) >= 11 is 0. The molecule has 0 aromatic carbocycles. The number of ether oxygens (including phenoxy) is 2. The summed E-state index contributed by atoms with van der Waals surface area (Å²) in [6, 6.07) is 0. The SMILES string of the molecule is CN1C(=O)COc2c(N3CCOCC3)nc(-c3cnc(N)nc3)nc21. The fourth-order valence-corrected chi connectivity index (χ4v) is 2.70. The third-order valence-electron chi connectivity index (χ3n) is 4.10. The number of morpholine rings is 1. The molecule has 130 valence electrons. The van der Waals surface area contributed by atoms with Gasteiger partial charge in [0.15, 0.2) is 24.1 Å². The Hall–Kier alpha value is -3.01. The van der Waals surface area contributed by atoms with E-state index in [0.717, 1.165) is 0 Å². The van der Waals surface area contributed by atoms with Crippen LogP contribution in [0.2, 0.25) is 0 Å². The number of hydrogen-bond donors (Lipinski definition) is 1. The Kier molecular flexibility index (Phi) is 3.80. The minimum atomic E-state index is -0.168. The van der Waals surface area contributed by atoms with Crippen LogP contribution in [-0.2, 0) is 9.53 Å². The zero-order chi connectivity index (χ0) is 17.4. The fourth-order valence-electron chi connectivity index (χ4n) is 2.70. The first-order chi connectivity index (χ1) is 12.1. The maximum atomic E-state index is 12.0. The van der Waals surface area contributed by atoms with Gasteiger partial charge in [0, 0.05) is 32.5 Å². The van der Waals surface area contributed by atoms with Gasteiger partial charge in [0.25, 0.3) is 5.91 Å². The molecule has 0 unspecified atom stereocenters.